The molecular formula is C14H17N3O4S2. The number of thiophene rings is 1. The van der Waals surface area contributed by atoms with Crippen molar-refractivity contribution in [2.75, 3.05) is 13.1 Å². The molecule has 0 fully saturated rings. The van der Waals surface area contributed by atoms with Crippen LogP contribution in [0.3, 0.4) is 0 Å². The topological polar surface area (TPSA) is 100 Å². The first-order valence-electron chi connectivity index (χ1n) is 7.18. The van der Waals surface area contributed by atoms with E-state index in [0.717, 1.165) is 16.2 Å². The van der Waals surface area contributed by atoms with E-state index in [1.165, 1.54) is 0 Å². The number of hydrogen-bond donors (Lipinski definition) is 3. The number of carboxylic acids is 1. The zero-order valence-corrected chi connectivity index (χ0v) is 13.9. The number of carbonyl (C=O) groups is 1. The summed E-state index contributed by atoms with van der Waals surface area (Å²) in [6.07, 6.45) is 4.21. The minimum absolute atomic E-state index is 0.0695. The van der Waals surface area contributed by atoms with E-state index in [-0.39, 0.29) is 16.3 Å². The Morgan fingerprint density at radius 3 is 2.83 bits per heavy atom. The van der Waals surface area contributed by atoms with Crippen LogP contribution in [-0.4, -0.2) is 37.2 Å². The van der Waals surface area contributed by atoms with Crippen LogP contribution in [0.25, 0.3) is 0 Å². The van der Waals surface area contributed by atoms with Crippen LogP contribution in [0.2, 0.25) is 0 Å². The predicted octanol–water partition coefficient (Wildman–Crippen LogP) is 0.872. The average Bonchev–Trinajstić information content (AvgIpc) is 3.13. The molecule has 0 atom stereocenters. The van der Waals surface area contributed by atoms with Crippen molar-refractivity contribution in [2.24, 2.45) is 0 Å². The van der Waals surface area contributed by atoms with E-state index in [1.54, 1.807) is 0 Å². The van der Waals surface area contributed by atoms with Crippen molar-refractivity contribution < 1.29 is 18.3 Å². The van der Waals surface area contributed by atoms with Crippen molar-refractivity contribution in [3.8, 4) is 0 Å². The van der Waals surface area contributed by atoms with E-state index >= 15 is 0 Å². The van der Waals surface area contributed by atoms with Gasteiger partial charge in [0.05, 0.1) is 5.56 Å². The molecule has 0 spiro atoms. The Labute approximate surface area is 138 Å². The lowest BCUT2D eigenvalue weighted by Crippen LogP contribution is -2.28. The summed E-state index contributed by atoms with van der Waals surface area (Å²) < 4.78 is 29.3. The van der Waals surface area contributed by atoms with Gasteiger partial charge in [0.25, 0.3) is 10.0 Å². The molecule has 3 rings (SSSR count). The molecule has 0 unspecified atom stereocenters. The van der Waals surface area contributed by atoms with Crippen molar-refractivity contribution in [3.05, 3.63) is 40.5 Å². The van der Waals surface area contributed by atoms with Crippen molar-refractivity contribution in [1.82, 2.24) is 14.6 Å². The zero-order chi connectivity index (χ0) is 16.4. The largest absolute Gasteiger partial charge is 0.478 e. The third-order valence-electron chi connectivity index (χ3n) is 3.68. The van der Waals surface area contributed by atoms with Gasteiger partial charge in [-0.05, 0) is 30.7 Å². The average molecular weight is 355 g/mol. The maximum atomic E-state index is 12.5. The lowest BCUT2D eigenvalue weighted by molar-refractivity contribution is 0.0692. The highest BCUT2D eigenvalue weighted by Gasteiger charge is 2.31. The maximum absolute atomic E-state index is 12.5. The molecule has 2 aromatic rings. The molecule has 3 heterocycles. The molecule has 0 bridgehead atoms. The quantitative estimate of drug-likeness (QED) is 0.714. The van der Waals surface area contributed by atoms with Gasteiger partial charge in [0.15, 0.2) is 0 Å². The fourth-order valence-corrected chi connectivity index (χ4v) is 5.53. The number of aromatic carboxylic acids is 1. The second kappa shape index (κ2) is 6.44. The summed E-state index contributed by atoms with van der Waals surface area (Å²) in [4.78, 5) is 12.3. The molecule has 2 aromatic heterocycles. The van der Waals surface area contributed by atoms with Crippen LogP contribution in [0.5, 0.6) is 0 Å². The van der Waals surface area contributed by atoms with Crippen LogP contribution in [0.1, 0.15) is 20.8 Å². The van der Waals surface area contributed by atoms with Gasteiger partial charge in [0, 0.05) is 36.9 Å². The molecule has 0 aromatic carbocycles. The van der Waals surface area contributed by atoms with Gasteiger partial charge in [0.2, 0.25) is 0 Å². The molecule has 1 aliphatic heterocycles. The summed E-state index contributed by atoms with van der Waals surface area (Å²) in [5, 5.41) is 12.6. The smallest absolute Gasteiger partial charge is 0.338 e. The third-order valence-corrected chi connectivity index (χ3v) is 6.89. The molecule has 0 saturated heterocycles. The van der Waals surface area contributed by atoms with Crippen LogP contribution in [0, 0.1) is 0 Å². The fraction of sp³-hybridized carbons (Fsp3) is 0.357. The van der Waals surface area contributed by atoms with Crippen LogP contribution >= 0.6 is 11.3 Å². The molecule has 0 saturated carbocycles. The Kier molecular flexibility index (Phi) is 4.53. The van der Waals surface area contributed by atoms with Crippen molar-refractivity contribution in [1.29, 1.82) is 0 Å². The number of nitrogens with one attached hydrogen (secondary N) is 2. The van der Waals surface area contributed by atoms with E-state index in [1.807, 2.05) is 29.1 Å². The molecule has 3 N–H and O–H groups in total. The summed E-state index contributed by atoms with van der Waals surface area (Å²) >= 11 is 1.04. The molecule has 0 aliphatic carbocycles. The van der Waals surface area contributed by atoms with Gasteiger partial charge in [-0.2, -0.15) is 0 Å². The van der Waals surface area contributed by atoms with E-state index < -0.39 is 16.0 Å². The maximum Gasteiger partial charge on any atom is 0.338 e. The lowest BCUT2D eigenvalue weighted by atomic mass is 10.1. The second-order valence-corrected chi connectivity index (χ2v) is 8.28. The van der Waals surface area contributed by atoms with Gasteiger partial charge < -0.3 is 15.0 Å². The van der Waals surface area contributed by atoms with Crippen LogP contribution in [0.4, 0.5) is 0 Å². The van der Waals surface area contributed by atoms with Crippen molar-refractivity contribution in [3.63, 3.8) is 0 Å². The number of hydrogen-bond acceptors (Lipinski definition) is 5. The number of aromatic nitrogens is 1. The Morgan fingerprint density at radius 1 is 1.39 bits per heavy atom. The number of nitrogens with zero attached hydrogens (tertiary/aromatic N) is 1. The molecule has 1 aliphatic rings. The van der Waals surface area contributed by atoms with Crippen LogP contribution in [0.15, 0.2) is 28.7 Å². The molecule has 124 valence electrons. The Hall–Kier alpha value is -1.68. The molecule has 7 nitrogen and oxygen atoms in total. The summed E-state index contributed by atoms with van der Waals surface area (Å²) in [6.45, 7) is 1.86. The van der Waals surface area contributed by atoms with Crippen molar-refractivity contribution >= 4 is 27.3 Å². The monoisotopic (exact) mass is 355 g/mol. The van der Waals surface area contributed by atoms with E-state index in [0.29, 0.717) is 31.6 Å². The summed E-state index contributed by atoms with van der Waals surface area (Å²) in [5.41, 5.74) is 0.576. The molecule has 0 radical (unpaired) electrons. The third kappa shape index (κ3) is 3.32. The fourth-order valence-electron chi connectivity index (χ4n) is 2.61. The van der Waals surface area contributed by atoms with Gasteiger partial charge in [-0.15, -0.1) is 11.3 Å². The number of rotatable bonds is 6. The minimum Gasteiger partial charge on any atom is -0.478 e. The SMILES string of the molecule is O=C(O)c1c(S(=O)(=O)NCCn2cccc2)sc2c1CCNC2. The summed E-state index contributed by atoms with van der Waals surface area (Å²) in [5.74, 6) is -1.19. The molecule has 23 heavy (non-hydrogen) atoms. The molecular weight excluding hydrogens is 338 g/mol. The summed E-state index contributed by atoms with van der Waals surface area (Å²) in [6, 6.07) is 3.72. The van der Waals surface area contributed by atoms with E-state index in [4.69, 9.17) is 0 Å². The zero-order valence-electron chi connectivity index (χ0n) is 12.3. The summed E-state index contributed by atoms with van der Waals surface area (Å²) in [7, 11) is -3.84. The standard InChI is InChI=1S/C14H17N3O4S2/c18-13(19)12-10-3-4-15-9-11(10)22-14(12)23(20,21)16-5-8-17-6-1-2-7-17/h1-2,6-7,15-16H,3-5,8-9H2,(H,18,19). The number of fused-ring (bicyclic) bond motifs is 1. The Bertz CT molecular complexity index is 809. The van der Waals surface area contributed by atoms with Crippen LogP contribution < -0.4 is 10.0 Å². The Balaban J connectivity index is 1.84. The van der Waals surface area contributed by atoms with E-state index in [9.17, 15) is 18.3 Å². The first-order chi connectivity index (χ1) is 11.0. The first kappa shape index (κ1) is 16.2. The predicted molar refractivity (Wildman–Crippen MR) is 86.3 cm³/mol. The van der Waals surface area contributed by atoms with Gasteiger partial charge in [-0.1, -0.05) is 0 Å². The van der Waals surface area contributed by atoms with Crippen molar-refractivity contribution in [2.45, 2.75) is 23.7 Å². The highest BCUT2D eigenvalue weighted by Crippen LogP contribution is 2.34. The molecule has 0 amide bonds. The van der Waals surface area contributed by atoms with E-state index in [2.05, 4.69) is 10.0 Å². The van der Waals surface area contributed by atoms with Crippen LogP contribution in [-0.2, 0) is 29.5 Å². The van der Waals surface area contributed by atoms with Gasteiger partial charge in [-0.3, -0.25) is 0 Å². The van der Waals surface area contributed by atoms with Gasteiger partial charge >= 0.3 is 5.97 Å². The Morgan fingerprint density at radius 2 is 2.13 bits per heavy atom. The highest BCUT2D eigenvalue weighted by atomic mass is 32.2. The lowest BCUT2D eigenvalue weighted by Gasteiger charge is -2.12. The second-order valence-electron chi connectivity index (χ2n) is 5.22. The minimum atomic E-state index is -3.84. The number of carboxylic acid groups (broad SMARTS) is 1. The molecule has 9 heteroatoms. The van der Waals surface area contributed by atoms with Gasteiger partial charge in [-0.25, -0.2) is 17.9 Å². The first-order valence-corrected chi connectivity index (χ1v) is 9.48. The number of sulfonamides is 1. The normalized spacial score (nSPS) is 14.6. The van der Waals surface area contributed by atoms with Gasteiger partial charge in [0.1, 0.15) is 4.21 Å². The highest BCUT2D eigenvalue weighted by molar-refractivity contribution is 7.91.